The van der Waals surface area contributed by atoms with E-state index in [4.69, 9.17) is 16.3 Å². The zero-order chi connectivity index (χ0) is 10.7. The van der Waals surface area contributed by atoms with E-state index in [9.17, 15) is 5.11 Å². The number of ether oxygens (including phenoxy) is 1. The number of aryl methyl sites for hydroxylation is 1. The van der Waals surface area contributed by atoms with Gasteiger partial charge in [0.25, 0.3) is 0 Å². The highest BCUT2D eigenvalue weighted by Gasteiger charge is 2.12. The van der Waals surface area contributed by atoms with E-state index in [0.717, 1.165) is 5.56 Å². The van der Waals surface area contributed by atoms with Crippen molar-refractivity contribution in [1.29, 1.82) is 0 Å². The lowest BCUT2D eigenvalue weighted by molar-refractivity contribution is 0.0605. The summed E-state index contributed by atoms with van der Waals surface area (Å²) in [4.78, 5) is 0. The number of benzene rings is 1. The van der Waals surface area contributed by atoms with Gasteiger partial charge in [0, 0.05) is 0 Å². The Hall–Kier alpha value is -0.730. The third-order valence-corrected chi connectivity index (χ3v) is 2.37. The maximum Gasteiger partial charge on any atom is 0.138 e. The molecule has 0 bridgehead atoms. The van der Waals surface area contributed by atoms with Crippen LogP contribution in [0, 0.1) is 6.92 Å². The fourth-order valence-electron chi connectivity index (χ4n) is 1.00. The molecule has 0 aliphatic rings. The van der Waals surface area contributed by atoms with Crippen molar-refractivity contribution in [3.63, 3.8) is 0 Å². The first kappa shape index (κ1) is 11.3. The molecule has 1 rings (SSSR count). The molecule has 1 aromatic carbocycles. The Kier molecular flexibility index (Phi) is 3.78. The molecule has 78 valence electrons. The maximum atomic E-state index is 9.26. The average molecular weight is 215 g/mol. The Balaban J connectivity index is 2.77. The van der Waals surface area contributed by atoms with Crippen LogP contribution in [0.3, 0.4) is 0 Å². The minimum absolute atomic E-state index is 0.254. The van der Waals surface area contributed by atoms with Gasteiger partial charge in [0.2, 0.25) is 0 Å². The third kappa shape index (κ3) is 2.89. The molecule has 0 fully saturated rings. The van der Waals surface area contributed by atoms with Crippen LogP contribution in [0.15, 0.2) is 18.2 Å². The van der Waals surface area contributed by atoms with Crippen molar-refractivity contribution in [3.05, 3.63) is 28.8 Å². The first-order valence-corrected chi connectivity index (χ1v) is 4.99. The van der Waals surface area contributed by atoms with Crippen LogP contribution >= 0.6 is 11.6 Å². The van der Waals surface area contributed by atoms with Crippen LogP contribution < -0.4 is 4.74 Å². The topological polar surface area (TPSA) is 29.5 Å². The van der Waals surface area contributed by atoms with Crippen LogP contribution in [0.1, 0.15) is 19.4 Å². The van der Waals surface area contributed by atoms with Crippen molar-refractivity contribution in [2.75, 3.05) is 0 Å². The summed E-state index contributed by atoms with van der Waals surface area (Å²) in [6.07, 6.45) is -0.762. The minimum Gasteiger partial charge on any atom is -0.486 e. The molecule has 2 nitrogen and oxygen atoms in total. The quantitative estimate of drug-likeness (QED) is 0.839. The summed E-state index contributed by atoms with van der Waals surface area (Å²) in [7, 11) is 0. The predicted molar refractivity (Wildman–Crippen MR) is 58.0 cm³/mol. The number of aliphatic hydroxyl groups excluding tert-OH is 1. The van der Waals surface area contributed by atoms with Gasteiger partial charge in [0.05, 0.1) is 11.1 Å². The fourth-order valence-corrected chi connectivity index (χ4v) is 1.28. The lowest BCUT2D eigenvalue weighted by Gasteiger charge is -2.18. The first-order valence-electron chi connectivity index (χ1n) is 4.61. The predicted octanol–water partition coefficient (Wildman–Crippen LogP) is 2.80. The van der Waals surface area contributed by atoms with Crippen molar-refractivity contribution in [3.8, 4) is 5.75 Å². The summed E-state index contributed by atoms with van der Waals surface area (Å²) < 4.78 is 5.48. The van der Waals surface area contributed by atoms with Crippen molar-refractivity contribution in [2.24, 2.45) is 0 Å². The van der Waals surface area contributed by atoms with Gasteiger partial charge in [-0.15, -0.1) is 0 Å². The molecule has 14 heavy (non-hydrogen) atoms. The SMILES string of the molecule is Cc1ccc(OC(C)C(C)O)c(Cl)c1. The lowest BCUT2D eigenvalue weighted by atomic mass is 10.2. The monoisotopic (exact) mass is 214 g/mol. The smallest absolute Gasteiger partial charge is 0.138 e. The molecular weight excluding hydrogens is 200 g/mol. The highest BCUT2D eigenvalue weighted by Crippen LogP contribution is 2.26. The molecule has 1 aromatic rings. The maximum absolute atomic E-state index is 9.26. The molecule has 1 N–H and O–H groups in total. The Labute approximate surface area is 89.5 Å². The molecule has 0 heterocycles. The number of rotatable bonds is 3. The van der Waals surface area contributed by atoms with Gasteiger partial charge in [-0.25, -0.2) is 0 Å². The summed E-state index contributed by atoms with van der Waals surface area (Å²) >= 11 is 5.97. The van der Waals surface area contributed by atoms with Crippen LogP contribution in [0.25, 0.3) is 0 Å². The van der Waals surface area contributed by atoms with Gasteiger partial charge in [-0.3, -0.25) is 0 Å². The second kappa shape index (κ2) is 4.67. The van der Waals surface area contributed by atoms with Gasteiger partial charge in [-0.2, -0.15) is 0 Å². The Morgan fingerprint density at radius 1 is 1.36 bits per heavy atom. The van der Waals surface area contributed by atoms with Crippen LogP contribution in [-0.2, 0) is 0 Å². The van der Waals surface area contributed by atoms with Crippen molar-refractivity contribution < 1.29 is 9.84 Å². The van der Waals surface area contributed by atoms with E-state index in [1.807, 2.05) is 25.1 Å². The summed E-state index contributed by atoms with van der Waals surface area (Å²) in [6, 6.07) is 5.58. The fraction of sp³-hybridized carbons (Fsp3) is 0.455. The highest BCUT2D eigenvalue weighted by molar-refractivity contribution is 6.32. The Morgan fingerprint density at radius 3 is 2.50 bits per heavy atom. The van der Waals surface area contributed by atoms with E-state index >= 15 is 0 Å². The van der Waals surface area contributed by atoms with E-state index in [2.05, 4.69) is 0 Å². The van der Waals surface area contributed by atoms with Gasteiger partial charge in [-0.1, -0.05) is 17.7 Å². The largest absolute Gasteiger partial charge is 0.486 e. The molecule has 0 saturated heterocycles. The van der Waals surface area contributed by atoms with Crippen molar-refractivity contribution in [2.45, 2.75) is 33.0 Å². The summed E-state index contributed by atoms with van der Waals surface area (Å²) in [6.45, 7) is 5.46. The normalized spacial score (nSPS) is 14.9. The second-order valence-electron chi connectivity index (χ2n) is 3.50. The zero-order valence-electron chi connectivity index (χ0n) is 8.62. The van der Waals surface area contributed by atoms with Crippen LogP contribution in [0.2, 0.25) is 5.02 Å². The molecule has 3 heteroatoms. The molecule has 0 aliphatic carbocycles. The van der Waals surface area contributed by atoms with E-state index in [1.165, 1.54) is 0 Å². The molecule has 0 amide bonds. The lowest BCUT2D eigenvalue weighted by Crippen LogP contribution is -2.25. The van der Waals surface area contributed by atoms with Gasteiger partial charge >= 0.3 is 0 Å². The number of halogens is 1. The second-order valence-corrected chi connectivity index (χ2v) is 3.90. The van der Waals surface area contributed by atoms with Gasteiger partial charge < -0.3 is 9.84 Å². The van der Waals surface area contributed by atoms with Crippen LogP contribution in [0.4, 0.5) is 0 Å². The number of aliphatic hydroxyl groups is 1. The standard InChI is InChI=1S/C11H15ClO2/c1-7-4-5-11(10(12)6-7)14-9(3)8(2)13/h4-6,8-9,13H,1-3H3. The van der Waals surface area contributed by atoms with Crippen LogP contribution in [-0.4, -0.2) is 17.3 Å². The van der Waals surface area contributed by atoms with E-state index < -0.39 is 6.10 Å². The van der Waals surface area contributed by atoms with Gasteiger partial charge in [0.15, 0.2) is 0 Å². The van der Waals surface area contributed by atoms with E-state index in [-0.39, 0.29) is 6.10 Å². The molecular formula is C11H15ClO2. The van der Waals surface area contributed by atoms with Gasteiger partial charge in [-0.05, 0) is 38.5 Å². The van der Waals surface area contributed by atoms with Crippen LogP contribution in [0.5, 0.6) is 5.75 Å². The Morgan fingerprint density at radius 2 is 2.00 bits per heavy atom. The zero-order valence-corrected chi connectivity index (χ0v) is 9.38. The molecule has 2 unspecified atom stereocenters. The summed E-state index contributed by atoms with van der Waals surface area (Å²) in [5.41, 5.74) is 1.09. The average Bonchev–Trinajstić information content (AvgIpc) is 2.09. The molecule has 0 spiro atoms. The molecule has 0 radical (unpaired) electrons. The van der Waals surface area contributed by atoms with E-state index in [1.54, 1.807) is 13.8 Å². The Bertz CT molecular complexity index is 310. The summed E-state index contributed by atoms with van der Waals surface area (Å²) in [5, 5.41) is 9.84. The molecule has 2 atom stereocenters. The van der Waals surface area contributed by atoms with Gasteiger partial charge in [0.1, 0.15) is 11.9 Å². The summed E-state index contributed by atoms with van der Waals surface area (Å²) in [5.74, 6) is 0.616. The van der Waals surface area contributed by atoms with Crippen molar-refractivity contribution in [1.82, 2.24) is 0 Å². The number of hydrogen-bond acceptors (Lipinski definition) is 2. The molecule has 0 saturated carbocycles. The first-order chi connectivity index (χ1) is 6.50. The minimum atomic E-state index is -0.507. The highest BCUT2D eigenvalue weighted by atomic mass is 35.5. The number of hydrogen-bond donors (Lipinski definition) is 1. The molecule has 0 aliphatic heterocycles. The van der Waals surface area contributed by atoms with E-state index in [0.29, 0.717) is 10.8 Å². The van der Waals surface area contributed by atoms with Crippen molar-refractivity contribution >= 4 is 11.6 Å². The molecule has 0 aromatic heterocycles. The third-order valence-electron chi connectivity index (χ3n) is 2.08.